The summed E-state index contributed by atoms with van der Waals surface area (Å²) >= 11 is 1.71. The van der Waals surface area contributed by atoms with E-state index in [1.54, 1.807) is 35.5 Å². The molecule has 0 aliphatic carbocycles. The third-order valence-electron chi connectivity index (χ3n) is 5.69. The fourth-order valence-corrected chi connectivity index (χ4v) is 4.96. The summed E-state index contributed by atoms with van der Waals surface area (Å²) in [6.07, 6.45) is 2.89. The molecule has 1 atom stereocenters. The van der Waals surface area contributed by atoms with Gasteiger partial charge in [0.2, 0.25) is 5.91 Å². The number of carbonyl (C=O) groups excluding carboxylic acids is 2. The number of para-hydroxylation sites is 1. The van der Waals surface area contributed by atoms with Crippen molar-refractivity contribution < 1.29 is 23.5 Å². The van der Waals surface area contributed by atoms with E-state index in [1.807, 2.05) is 35.2 Å². The van der Waals surface area contributed by atoms with Gasteiger partial charge in [0.25, 0.3) is 5.91 Å². The van der Waals surface area contributed by atoms with Crippen LogP contribution in [0.3, 0.4) is 0 Å². The van der Waals surface area contributed by atoms with Crippen LogP contribution in [0.1, 0.15) is 33.5 Å². The normalized spacial score (nSPS) is 15.2. The van der Waals surface area contributed by atoms with Crippen molar-refractivity contribution in [2.24, 2.45) is 0 Å². The number of hydrogen-bond donors (Lipinski definition) is 0. The van der Waals surface area contributed by atoms with Crippen molar-refractivity contribution in [3.05, 3.63) is 76.4 Å². The van der Waals surface area contributed by atoms with Crippen LogP contribution in [-0.2, 0) is 16.0 Å². The fourth-order valence-electron chi connectivity index (χ4n) is 4.03. The fraction of sp³-hybridized carbons (Fsp3) is 0.360. The lowest BCUT2D eigenvalue weighted by molar-refractivity contribution is -0.135. The second kappa shape index (κ2) is 11.2. The minimum atomic E-state index is -0.297. The first-order valence-electron chi connectivity index (χ1n) is 11.0. The summed E-state index contributed by atoms with van der Waals surface area (Å²) in [4.78, 5) is 31.1. The van der Waals surface area contributed by atoms with E-state index in [-0.39, 0.29) is 30.2 Å². The summed E-state index contributed by atoms with van der Waals surface area (Å²) in [5.74, 6) is 0.588. The summed E-state index contributed by atoms with van der Waals surface area (Å²) in [5.41, 5.74) is 1.12. The Morgan fingerprint density at radius 3 is 2.79 bits per heavy atom. The van der Waals surface area contributed by atoms with Gasteiger partial charge in [0, 0.05) is 31.7 Å². The van der Waals surface area contributed by atoms with Gasteiger partial charge in [0.15, 0.2) is 5.76 Å². The first kappa shape index (κ1) is 23.1. The Balaban J connectivity index is 1.50. The van der Waals surface area contributed by atoms with Gasteiger partial charge < -0.3 is 23.7 Å². The molecule has 0 spiro atoms. The molecular formula is C25H28N2O5S. The van der Waals surface area contributed by atoms with Crippen LogP contribution in [-0.4, -0.2) is 61.6 Å². The highest BCUT2D eigenvalue weighted by Crippen LogP contribution is 2.34. The number of methoxy groups -OCH3 is 1. The topological polar surface area (TPSA) is 72.2 Å². The van der Waals surface area contributed by atoms with Crippen LogP contribution in [0.2, 0.25) is 0 Å². The molecular weight excluding hydrogens is 440 g/mol. The van der Waals surface area contributed by atoms with Crippen LogP contribution in [0.4, 0.5) is 0 Å². The van der Waals surface area contributed by atoms with E-state index in [1.165, 1.54) is 11.1 Å². The lowest BCUT2D eigenvalue weighted by Crippen LogP contribution is -2.48. The van der Waals surface area contributed by atoms with Crippen molar-refractivity contribution in [1.82, 2.24) is 9.80 Å². The molecule has 3 aromatic rings. The molecule has 0 fully saturated rings. The molecule has 0 unspecified atom stereocenters. The SMILES string of the molecule is COCCCN(CC(=O)N1CCc2sccc2[C@H]1COc1ccccc1)C(=O)c1ccco1. The lowest BCUT2D eigenvalue weighted by Gasteiger charge is -2.37. The Hall–Kier alpha value is -3.10. The number of nitrogens with zero attached hydrogens (tertiary/aromatic N) is 2. The summed E-state index contributed by atoms with van der Waals surface area (Å²) in [6, 6.07) is 14.8. The molecule has 0 radical (unpaired) electrons. The van der Waals surface area contributed by atoms with Crippen molar-refractivity contribution in [2.45, 2.75) is 18.9 Å². The summed E-state index contributed by atoms with van der Waals surface area (Å²) in [5, 5.41) is 2.06. The molecule has 4 rings (SSSR count). The highest BCUT2D eigenvalue weighted by atomic mass is 32.1. The van der Waals surface area contributed by atoms with Gasteiger partial charge in [-0.25, -0.2) is 0 Å². The first-order valence-corrected chi connectivity index (χ1v) is 11.9. The molecule has 174 valence electrons. The van der Waals surface area contributed by atoms with E-state index in [0.717, 1.165) is 17.7 Å². The van der Waals surface area contributed by atoms with Crippen LogP contribution < -0.4 is 4.74 Å². The van der Waals surface area contributed by atoms with Crippen LogP contribution >= 0.6 is 11.3 Å². The number of rotatable bonds is 10. The maximum Gasteiger partial charge on any atom is 0.290 e. The van der Waals surface area contributed by atoms with E-state index in [2.05, 4.69) is 11.4 Å². The molecule has 1 aromatic carbocycles. The van der Waals surface area contributed by atoms with E-state index >= 15 is 0 Å². The van der Waals surface area contributed by atoms with Gasteiger partial charge in [-0.3, -0.25) is 9.59 Å². The smallest absolute Gasteiger partial charge is 0.290 e. The third-order valence-corrected chi connectivity index (χ3v) is 6.68. The molecule has 3 heterocycles. The van der Waals surface area contributed by atoms with Crippen molar-refractivity contribution in [2.75, 3.05) is 40.0 Å². The maximum absolute atomic E-state index is 13.5. The summed E-state index contributed by atoms with van der Waals surface area (Å²) in [7, 11) is 1.62. The Morgan fingerprint density at radius 2 is 2.03 bits per heavy atom. The third kappa shape index (κ3) is 5.64. The Morgan fingerprint density at radius 1 is 1.18 bits per heavy atom. The quantitative estimate of drug-likeness (QED) is 0.420. The van der Waals surface area contributed by atoms with Gasteiger partial charge in [0.05, 0.1) is 12.3 Å². The summed E-state index contributed by atoms with van der Waals surface area (Å²) in [6.45, 7) is 1.84. The maximum atomic E-state index is 13.5. The largest absolute Gasteiger partial charge is 0.491 e. The van der Waals surface area contributed by atoms with Crippen LogP contribution in [0.15, 0.2) is 64.6 Å². The molecule has 33 heavy (non-hydrogen) atoms. The number of amides is 2. The zero-order valence-electron chi connectivity index (χ0n) is 18.6. The van der Waals surface area contributed by atoms with Gasteiger partial charge >= 0.3 is 0 Å². The number of benzene rings is 1. The molecule has 0 saturated carbocycles. The zero-order valence-corrected chi connectivity index (χ0v) is 19.5. The van der Waals surface area contributed by atoms with E-state index in [0.29, 0.717) is 32.7 Å². The number of carbonyl (C=O) groups is 2. The molecule has 8 heteroatoms. The molecule has 7 nitrogen and oxygen atoms in total. The van der Waals surface area contributed by atoms with E-state index < -0.39 is 0 Å². The average molecular weight is 469 g/mol. The number of ether oxygens (including phenoxy) is 2. The predicted molar refractivity (Wildman–Crippen MR) is 126 cm³/mol. The number of hydrogen-bond acceptors (Lipinski definition) is 6. The van der Waals surface area contributed by atoms with Crippen molar-refractivity contribution in [3.63, 3.8) is 0 Å². The van der Waals surface area contributed by atoms with Crippen molar-refractivity contribution in [3.8, 4) is 5.75 Å². The first-order chi connectivity index (χ1) is 16.2. The van der Waals surface area contributed by atoms with Crippen molar-refractivity contribution in [1.29, 1.82) is 0 Å². The van der Waals surface area contributed by atoms with Crippen LogP contribution in [0, 0.1) is 0 Å². The lowest BCUT2D eigenvalue weighted by atomic mass is 10.0. The monoisotopic (exact) mass is 468 g/mol. The van der Waals surface area contributed by atoms with Gasteiger partial charge in [-0.15, -0.1) is 11.3 Å². The Bertz CT molecular complexity index is 1030. The Kier molecular flexibility index (Phi) is 7.80. The number of thiophene rings is 1. The van der Waals surface area contributed by atoms with Crippen LogP contribution in [0.5, 0.6) is 5.75 Å². The minimum Gasteiger partial charge on any atom is -0.491 e. The van der Waals surface area contributed by atoms with E-state index in [4.69, 9.17) is 13.9 Å². The zero-order chi connectivity index (χ0) is 23.0. The van der Waals surface area contributed by atoms with Crippen molar-refractivity contribution >= 4 is 23.2 Å². The molecule has 2 aromatic heterocycles. The summed E-state index contributed by atoms with van der Waals surface area (Å²) < 4.78 is 16.5. The number of fused-ring (bicyclic) bond motifs is 1. The van der Waals surface area contributed by atoms with E-state index in [9.17, 15) is 9.59 Å². The Labute approximate surface area is 197 Å². The second-order valence-corrected chi connectivity index (χ2v) is 8.83. The standard InChI is InChI=1S/C25H28N2O5S/c1-30-14-6-12-26(25(29)22-9-5-15-31-22)17-24(28)27-13-10-23-20(11-16-33-23)21(27)18-32-19-7-3-2-4-8-19/h2-5,7-9,11,15-16,21H,6,10,12-14,17-18H2,1H3/t21-/m1/s1. The number of furan rings is 1. The molecule has 2 amide bonds. The van der Waals surface area contributed by atoms with Gasteiger partial charge in [-0.2, -0.15) is 0 Å². The van der Waals surface area contributed by atoms with Crippen LogP contribution in [0.25, 0.3) is 0 Å². The van der Waals surface area contributed by atoms with Gasteiger partial charge in [-0.1, -0.05) is 18.2 Å². The average Bonchev–Trinajstić information content (AvgIpc) is 3.54. The predicted octanol–water partition coefficient (Wildman–Crippen LogP) is 4.02. The van der Waals surface area contributed by atoms with Gasteiger partial charge in [-0.05, 0) is 54.1 Å². The molecule has 0 saturated heterocycles. The molecule has 1 aliphatic rings. The highest BCUT2D eigenvalue weighted by molar-refractivity contribution is 7.10. The minimum absolute atomic E-state index is 0.0233. The second-order valence-electron chi connectivity index (χ2n) is 7.83. The molecule has 1 aliphatic heterocycles. The van der Waals surface area contributed by atoms with Gasteiger partial charge in [0.1, 0.15) is 18.9 Å². The highest BCUT2D eigenvalue weighted by Gasteiger charge is 2.33. The molecule has 0 bridgehead atoms. The molecule has 0 N–H and O–H groups in total.